The van der Waals surface area contributed by atoms with E-state index in [-0.39, 0.29) is 17.6 Å². The average molecular weight is 499 g/mol. The lowest BCUT2D eigenvalue weighted by atomic mass is 10.1. The number of hydrogen-bond acceptors (Lipinski definition) is 6. The van der Waals surface area contributed by atoms with Crippen LogP contribution in [-0.2, 0) is 4.79 Å². The van der Waals surface area contributed by atoms with Crippen LogP contribution in [0.3, 0.4) is 0 Å². The Kier molecular flexibility index (Phi) is 7.37. The lowest BCUT2D eigenvalue weighted by Gasteiger charge is -2.27. The zero-order valence-corrected chi connectivity index (χ0v) is 20.5. The van der Waals surface area contributed by atoms with Gasteiger partial charge >= 0.3 is 0 Å². The van der Waals surface area contributed by atoms with E-state index in [9.17, 15) is 9.59 Å². The maximum atomic E-state index is 13.1. The Balaban J connectivity index is 1.33. The van der Waals surface area contributed by atoms with Crippen molar-refractivity contribution in [1.29, 1.82) is 0 Å². The molecule has 5 rings (SSSR count). The SMILES string of the molecule is O=C(CSc1nnc(-c2cccnc2)n1-c1ccccc1)Nc1ccccc1C(=O)N1CCCCC1. The van der Waals surface area contributed by atoms with Crippen molar-refractivity contribution in [3.05, 3.63) is 84.7 Å². The van der Waals surface area contributed by atoms with Crippen LogP contribution in [0.2, 0.25) is 0 Å². The molecule has 2 aromatic carbocycles. The van der Waals surface area contributed by atoms with Gasteiger partial charge in [-0.25, -0.2) is 0 Å². The molecule has 1 fully saturated rings. The van der Waals surface area contributed by atoms with Gasteiger partial charge in [-0.3, -0.25) is 19.1 Å². The topological polar surface area (TPSA) is 93.0 Å². The van der Waals surface area contributed by atoms with E-state index < -0.39 is 0 Å². The molecule has 3 heterocycles. The van der Waals surface area contributed by atoms with Gasteiger partial charge in [0.05, 0.1) is 17.0 Å². The fourth-order valence-corrected chi connectivity index (χ4v) is 4.97. The molecule has 2 amide bonds. The van der Waals surface area contributed by atoms with E-state index in [1.807, 2.05) is 64.1 Å². The molecule has 1 aliphatic rings. The molecule has 0 atom stereocenters. The number of para-hydroxylation sites is 2. The predicted octanol–water partition coefficient (Wildman–Crippen LogP) is 4.69. The molecule has 36 heavy (non-hydrogen) atoms. The second-order valence-corrected chi connectivity index (χ2v) is 9.40. The number of hydrogen-bond donors (Lipinski definition) is 1. The van der Waals surface area contributed by atoms with Crippen LogP contribution in [0.15, 0.2) is 84.3 Å². The van der Waals surface area contributed by atoms with Gasteiger partial charge in [0.1, 0.15) is 0 Å². The van der Waals surface area contributed by atoms with E-state index in [0.717, 1.165) is 43.6 Å². The molecule has 1 N–H and O–H groups in total. The first-order valence-electron chi connectivity index (χ1n) is 11.9. The van der Waals surface area contributed by atoms with Crippen molar-refractivity contribution in [2.24, 2.45) is 0 Å². The highest BCUT2D eigenvalue weighted by Gasteiger charge is 2.22. The van der Waals surface area contributed by atoms with Crippen molar-refractivity contribution in [1.82, 2.24) is 24.6 Å². The van der Waals surface area contributed by atoms with Crippen molar-refractivity contribution >= 4 is 29.3 Å². The highest BCUT2D eigenvalue weighted by atomic mass is 32.2. The third kappa shape index (κ3) is 5.31. The van der Waals surface area contributed by atoms with Crippen LogP contribution in [0.5, 0.6) is 0 Å². The summed E-state index contributed by atoms with van der Waals surface area (Å²) in [4.78, 5) is 32.1. The molecule has 1 aliphatic heterocycles. The van der Waals surface area contributed by atoms with Crippen LogP contribution >= 0.6 is 11.8 Å². The molecular weight excluding hydrogens is 472 g/mol. The van der Waals surface area contributed by atoms with Crippen molar-refractivity contribution in [3.63, 3.8) is 0 Å². The number of thioether (sulfide) groups is 1. The number of rotatable bonds is 7. The van der Waals surface area contributed by atoms with Gasteiger partial charge in [-0.2, -0.15) is 0 Å². The third-order valence-electron chi connectivity index (χ3n) is 5.97. The molecule has 0 bridgehead atoms. The highest BCUT2D eigenvalue weighted by Crippen LogP contribution is 2.28. The number of carbonyl (C=O) groups excluding carboxylic acids is 2. The fourth-order valence-electron chi connectivity index (χ4n) is 4.22. The number of likely N-dealkylation sites (tertiary alicyclic amines) is 1. The fraction of sp³-hybridized carbons (Fsp3) is 0.222. The molecule has 0 radical (unpaired) electrons. The van der Waals surface area contributed by atoms with Crippen molar-refractivity contribution in [2.75, 3.05) is 24.2 Å². The molecule has 1 saturated heterocycles. The summed E-state index contributed by atoms with van der Waals surface area (Å²) in [7, 11) is 0. The largest absolute Gasteiger partial charge is 0.339 e. The van der Waals surface area contributed by atoms with Gasteiger partial charge < -0.3 is 10.2 Å². The second-order valence-electron chi connectivity index (χ2n) is 8.45. The first-order valence-corrected chi connectivity index (χ1v) is 12.9. The number of nitrogens with zero attached hydrogens (tertiary/aromatic N) is 5. The van der Waals surface area contributed by atoms with Crippen LogP contribution < -0.4 is 5.32 Å². The minimum absolute atomic E-state index is 0.0387. The number of benzene rings is 2. The molecule has 2 aromatic heterocycles. The summed E-state index contributed by atoms with van der Waals surface area (Å²) < 4.78 is 1.92. The van der Waals surface area contributed by atoms with Crippen LogP contribution in [0.4, 0.5) is 5.69 Å². The molecule has 0 saturated carbocycles. The van der Waals surface area contributed by atoms with E-state index in [0.29, 0.717) is 22.2 Å². The Morgan fingerprint density at radius 2 is 1.67 bits per heavy atom. The van der Waals surface area contributed by atoms with E-state index in [2.05, 4.69) is 20.5 Å². The Morgan fingerprint density at radius 3 is 2.44 bits per heavy atom. The molecule has 4 aromatic rings. The molecule has 0 unspecified atom stereocenters. The molecular formula is C27H26N6O2S. The van der Waals surface area contributed by atoms with E-state index in [1.54, 1.807) is 24.5 Å². The highest BCUT2D eigenvalue weighted by molar-refractivity contribution is 7.99. The monoisotopic (exact) mass is 498 g/mol. The molecule has 8 nitrogen and oxygen atoms in total. The van der Waals surface area contributed by atoms with Crippen molar-refractivity contribution in [3.8, 4) is 17.1 Å². The maximum Gasteiger partial charge on any atom is 0.255 e. The minimum atomic E-state index is -0.218. The van der Waals surface area contributed by atoms with Gasteiger partial charge in [0.25, 0.3) is 5.91 Å². The number of carbonyl (C=O) groups is 2. The zero-order chi connectivity index (χ0) is 24.7. The van der Waals surface area contributed by atoms with E-state index >= 15 is 0 Å². The maximum absolute atomic E-state index is 13.1. The normalized spacial score (nSPS) is 13.4. The molecule has 182 valence electrons. The summed E-state index contributed by atoms with van der Waals surface area (Å²) in [6.45, 7) is 1.51. The third-order valence-corrected chi connectivity index (χ3v) is 6.90. The first-order chi connectivity index (χ1) is 17.7. The lowest BCUT2D eigenvalue weighted by molar-refractivity contribution is -0.113. The number of anilines is 1. The zero-order valence-electron chi connectivity index (χ0n) is 19.7. The van der Waals surface area contributed by atoms with Crippen LogP contribution in [-0.4, -0.2) is 55.3 Å². The number of piperidine rings is 1. The summed E-state index contributed by atoms with van der Waals surface area (Å²) >= 11 is 1.29. The summed E-state index contributed by atoms with van der Waals surface area (Å²) in [5.74, 6) is 0.506. The number of aromatic nitrogens is 4. The van der Waals surface area contributed by atoms with Gasteiger partial charge in [-0.05, 0) is 55.7 Å². The average Bonchev–Trinajstić information content (AvgIpc) is 3.37. The van der Waals surface area contributed by atoms with E-state index in [1.165, 1.54) is 11.8 Å². The summed E-state index contributed by atoms with van der Waals surface area (Å²) in [5, 5.41) is 12.3. The molecule has 9 heteroatoms. The minimum Gasteiger partial charge on any atom is -0.339 e. The molecule has 0 spiro atoms. The quantitative estimate of drug-likeness (QED) is 0.372. The smallest absolute Gasteiger partial charge is 0.255 e. The van der Waals surface area contributed by atoms with Crippen LogP contribution in [0.25, 0.3) is 17.1 Å². The second kappa shape index (κ2) is 11.2. The van der Waals surface area contributed by atoms with Crippen molar-refractivity contribution < 1.29 is 9.59 Å². The Morgan fingerprint density at radius 1 is 0.889 bits per heavy atom. The van der Waals surface area contributed by atoms with Gasteiger partial charge in [0.15, 0.2) is 11.0 Å². The number of pyridine rings is 1. The summed E-state index contributed by atoms with van der Waals surface area (Å²) in [6.07, 6.45) is 6.62. The van der Waals surface area contributed by atoms with Crippen molar-refractivity contribution in [2.45, 2.75) is 24.4 Å². The summed E-state index contributed by atoms with van der Waals surface area (Å²) in [6, 6.07) is 20.7. The number of amides is 2. The lowest BCUT2D eigenvalue weighted by Crippen LogP contribution is -2.36. The van der Waals surface area contributed by atoms with Gasteiger partial charge in [-0.1, -0.05) is 42.1 Å². The Hall–Kier alpha value is -3.98. The predicted molar refractivity (Wildman–Crippen MR) is 140 cm³/mol. The number of nitrogens with one attached hydrogen (secondary N) is 1. The molecule has 0 aliphatic carbocycles. The standard InChI is InChI=1S/C27H26N6O2S/c34-24(29-23-14-6-5-13-22(23)26(35)32-16-7-2-8-17-32)19-36-27-31-30-25(20-10-9-15-28-18-20)33(27)21-11-3-1-4-12-21/h1,3-6,9-15,18H,2,7-8,16-17,19H2,(H,29,34). The van der Waals surface area contributed by atoms with Crippen LogP contribution in [0.1, 0.15) is 29.6 Å². The first kappa shape index (κ1) is 23.7. The Labute approximate surface area is 213 Å². The van der Waals surface area contributed by atoms with Crippen LogP contribution in [0, 0.1) is 0 Å². The van der Waals surface area contributed by atoms with E-state index in [4.69, 9.17) is 0 Å². The Bertz CT molecular complexity index is 1340. The summed E-state index contributed by atoms with van der Waals surface area (Å²) in [5.41, 5.74) is 2.76. The van der Waals surface area contributed by atoms with Gasteiger partial charge in [0.2, 0.25) is 5.91 Å². The van der Waals surface area contributed by atoms with Gasteiger partial charge in [0, 0.05) is 36.7 Å². The van der Waals surface area contributed by atoms with Gasteiger partial charge in [-0.15, -0.1) is 10.2 Å².